The zero-order valence-electron chi connectivity index (χ0n) is 8.42. The fourth-order valence-corrected chi connectivity index (χ4v) is 1.36. The molecular weight excluding hydrogens is 234 g/mol. The van der Waals surface area contributed by atoms with Gasteiger partial charge in [0.15, 0.2) is 0 Å². The zero-order chi connectivity index (χ0) is 12.4. The normalized spacial score (nSPS) is 10.4. The molecule has 0 amide bonds. The molecule has 0 atom stereocenters. The zero-order valence-corrected chi connectivity index (χ0v) is 8.42. The number of benzene rings is 2. The Bertz CT molecular complexity index is 464. The van der Waals surface area contributed by atoms with Crippen molar-refractivity contribution in [2.75, 3.05) is 0 Å². The fraction of sp³-hybridized carbons (Fsp3) is 0. The van der Waals surface area contributed by atoms with Crippen LogP contribution in [0.2, 0.25) is 0 Å². The van der Waals surface area contributed by atoms with E-state index >= 15 is 0 Å². The third-order valence-electron chi connectivity index (χ3n) is 1.95. The highest BCUT2D eigenvalue weighted by atomic mass is 19.1. The first-order chi connectivity index (χ1) is 8.02. The van der Waals surface area contributed by atoms with E-state index in [1.165, 1.54) is 0 Å². The predicted molar refractivity (Wildman–Crippen MR) is 54.2 cm³/mol. The first-order valence-corrected chi connectivity index (χ1v) is 4.67. The minimum atomic E-state index is -0.805. The van der Waals surface area contributed by atoms with Gasteiger partial charge in [-0.15, -0.1) is 0 Å². The molecule has 17 heavy (non-hydrogen) atoms. The molecule has 0 bridgehead atoms. The second kappa shape index (κ2) is 4.45. The third kappa shape index (κ3) is 2.96. The second-order valence-corrected chi connectivity index (χ2v) is 3.37. The Hall–Kier alpha value is -2.04. The summed E-state index contributed by atoms with van der Waals surface area (Å²) in [7, 11) is 0. The topological polar surface area (TPSA) is 14.1 Å². The quantitative estimate of drug-likeness (QED) is 0.708. The molecule has 0 aliphatic carbocycles. The van der Waals surface area contributed by atoms with Crippen LogP contribution in [-0.2, 0) is 0 Å². The smallest absolute Gasteiger partial charge is 0.128 e. The van der Waals surface area contributed by atoms with E-state index in [1.807, 2.05) is 0 Å². The summed E-state index contributed by atoms with van der Waals surface area (Å²) in [6.45, 7) is 0. The van der Waals surface area contributed by atoms with Gasteiger partial charge in [-0.25, -0.2) is 22.9 Å². The standard InChI is InChI=1S/C12H6F4N/c13-7-1-8(14)4-11(3-7)17-12-5-9(15)2-10(16)6-12/h1-6H. The molecule has 87 valence electrons. The lowest BCUT2D eigenvalue weighted by Crippen LogP contribution is -1.93. The molecule has 0 spiro atoms. The van der Waals surface area contributed by atoms with Crippen LogP contribution in [0.15, 0.2) is 36.4 Å². The first-order valence-electron chi connectivity index (χ1n) is 4.67. The summed E-state index contributed by atoms with van der Waals surface area (Å²) in [6, 6.07) is 5.23. The van der Waals surface area contributed by atoms with Gasteiger partial charge in [0, 0.05) is 12.1 Å². The van der Waals surface area contributed by atoms with Crippen molar-refractivity contribution < 1.29 is 17.6 Å². The van der Waals surface area contributed by atoms with Crippen molar-refractivity contribution in [1.29, 1.82) is 0 Å². The summed E-state index contributed by atoms with van der Waals surface area (Å²) in [6.07, 6.45) is 0. The summed E-state index contributed by atoms with van der Waals surface area (Å²) in [5, 5.41) is 3.72. The first kappa shape index (κ1) is 11.4. The summed E-state index contributed by atoms with van der Waals surface area (Å²) in [4.78, 5) is 0. The van der Waals surface area contributed by atoms with E-state index < -0.39 is 23.3 Å². The van der Waals surface area contributed by atoms with E-state index in [1.54, 1.807) is 0 Å². The summed E-state index contributed by atoms with van der Waals surface area (Å²) < 4.78 is 51.4. The molecule has 0 aliphatic heterocycles. The molecule has 0 heterocycles. The van der Waals surface area contributed by atoms with Crippen LogP contribution in [0.5, 0.6) is 0 Å². The van der Waals surface area contributed by atoms with Gasteiger partial charge in [0.05, 0.1) is 11.4 Å². The molecule has 2 rings (SSSR count). The number of hydrogen-bond donors (Lipinski definition) is 0. The molecule has 0 saturated heterocycles. The van der Waals surface area contributed by atoms with Gasteiger partial charge in [-0.2, -0.15) is 0 Å². The Balaban J connectivity index is 2.31. The molecule has 1 nitrogen and oxygen atoms in total. The van der Waals surface area contributed by atoms with Gasteiger partial charge in [-0.05, 0) is 24.3 Å². The molecule has 5 heteroatoms. The molecule has 2 aromatic carbocycles. The van der Waals surface area contributed by atoms with E-state index in [0.29, 0.717) is 12.1 Å². The van der Waals surface area contributed by atoms with Crippen molar-refractivity contribution in [1.82, 2.24) is 5.32 Å². The van der Waals surface area contributed by atoms with Crippen LogP contribution in [0, 0.1) is 23.3 Å². The van der Waals surface area contributed by atoms with Gasteiger partial charge in [0.25, 0.3) is 0 Å². The van der Waals surface area contributed by atoms with Crippen LogP contribution in [-0.4, -0.2) is 0 Å². The molecule has 0 aromatic heterocycles. The number of rotatable bonds is 2. The van der Waals surface area contributed by atoms with Crippen molar-refractivity contribution in [3.05, 3.63) is 59.7 Å². The van der Waals surface area contributed by atoms with E-state index in [9.17, 15) is 17.6 Å². The van der Waals surface area contributed by atoms with Gasteiger partial charge in [0.1, 0.15) is 23.3 Å². The van der Waals surface area contributed by atoms with Crippen LogP contribution >= 0.6 is 0 Å². The van der Waals surface area contributed by atoms with Crippen LogP contribution < -0.4 is 5.32 Å². The van der Waals surface area contributed by atoms with Crippen molar-refractivity contribution in [2.24, 2.45) is 0 Å². The largest absolute Gasteiger partial charge is 0.249 e. The SMILES string of the molecule is Fc1cc(F)cc([N]c2cc(F)cc(F)c2)c1. The van der Waals surface area contributed by atoms with Crippen molar-refractivity contribution in [3.8, 4) is 0 Å². The van der Waals surface area contributed by atoms with E-state index in [4.69, 9.17) is 0 Å². The average Bonchev–Trinajstić information content (AvgIpc) is 2.13. The van der Waals surface area contributed by atoms with Crippen molar-refractivity contribution in [3.63, 3.8) is 0 Å². The Kier molecular flexibility index (Phi) is 2.99. The third-order valence-corrected chi connectivity index (χ3v) is 1.95. The summed E-state index contributed by atoms with van der Waals surface area (Å²) >= 11 is 0. The Morgan fingerprint density at radius 1 is 0.529 bits per heavy atom. The van der Waals surface area contributed by atoms with Crippen LogP contribution in [0.25, 0.3) is 0 Å². The minimum absolute atomic E-state index is 0.0486. The number of halogens is 4. The maximum Gasteiger partial charge on any atom is 0.128 e. The lowest BCUT2D eigenvalue weighted by Gasteiger charge is -2.04. The van der Waals surface area contributed by atoms with Gasteiger partial charge in [-0.1, -0.05) is 0 Å². The monoisotopic (exact) mass is 240 g/mol. The molecule has 0 aliphatic rings. The highest BCUT2D eigenvalue weighted by Crippen LogP contribution is 2.21. The Morgan fingerprint density at radius 3 is 1.12 bits per heavy atom. The van der Waals surface area contributed by atoms with Gasteiger partial charge < -0.3 is 0 Å². The second-order valence-electron chi connectivity index (χ2n) is 3.37. The summed E-state index contributed by atoms with van der Waals surface area (Å²) in [5.74, 6) is -3.22. The van der Waals surface area contributed by atoms with E-state index in [-0.39, 0.29) is 11.4 Å². The van der Waals surface area contributed by atoms with E-state index in [2.05, 4.69) is 5.32 Å². The van der Waals surface area contributed by atoms with Crippen molar-refractivity contribution in [2.45, 2.75) is 0 Å². The van der Waals surface area contributed by atoms with Gasteiger partial charge in [0.2, 0.25) is 0 Å². The molecule has 1 radical (unpaired) electrons. The maximum absolute atomic E-state index is 12.8. The van der Waals surface area contributed by atoms with E-state index in [0.717, 1.165) is 24.3 Å². The van der Waals surface area contributed by atoms with Crippen LogP contribution in [0.4, 0.5) is 28.9 Å². The molecule has 2 aromatic rings. The predicted octanol–water partition coefficient (Wildman–Crippen LogP) is 3.81. The molecule has 0 fully saturated rings. The molecule has 0 saturated carbocycles. The average molecular weight is 240 g/mol. The highest BCUT2D eigenvalue weighted by Gasteiger charge is 2.05. The highest BCUT2D eigenvalue weighted by molar-refractivity contribution is 5.49. The van der Waals surface area contributed by atoms with Crippen molar-refractivity contribution >= 4 is 11.4 Å². The lowest BCUT2D eigenvalue weighted by molar-refractivity contribution is 0.581. The van der Waals surface area contributed by atoms with Gasteiger partial charge in [-0.3, -0.25) is 0 Å². The number of hydrogen-bond acceptors (Lipinski definition) is 0. The maximum atomic E-state index is 12.8. The Morgan fingerprint density at radius 2 is 0.824 bits per heavy atom. The van der Waals surface area contributed by atoms with Crippen LogP contribution in [0.1, 0.15) is 0 Å². The fourth-order valence-electron chi connectivity index (χ4n) is 1.36. The number of nitrogens with zero attached hydrogens (tertiary/aromatic N) is 1. The minimum Gasteiger partial charge on any atom is -0.249 e. The molecule has 0 N–H and O–H groups in total. The van der Waals surface area contributed by atoms with Crippen LogP contribution in [0.3, 0.4) is 0 Å². The Labute approximate surface area is 94.7 Å². The lowest BCUT2D eigenvalue weighted by atomic mass is 10.2. The summed E-state index contributed by atoms with van der Waals surface area (Å²) in [5.41, 5.74) is -0.0972. The molecule has 0 unspecified atom stereocenters. The molecular formula is C12H6F4N. The van der Waals surface area contributed by atoms with Gasteiger partial charge >= 0.3 is 0 Å².